The number of allylic oxidation sites excluding steroid dienone is 2. The van der Waals surface area contributed by atoms with E-state index in [0.29, 0.717) is 35.1 Å². The van der Waals surface area contributed by atoms with Gasteiger partial charge in [0, 0.05) is 48.5 Å². The van der Waals surface area contributed by atoms with Crippen molar-refractivity contribution in [2.75, 3.05) is 20.3 Å². The zero-order valence-corrected chi connectivity index (χ0v) is 16.4. The van der Waals surface area contributed by atoms with Crippen molar-refractivity contribution < 1.29 is 14.6 Å². The Morgan fingerprint density at radius 1 is 1.26 bits per heavy atom. The van der Waals surface area contributed by atoms with Gasteiger partial charge in [-0.1, -0.05) is 25.4 Å². The van der Waals surface area contributed by atoms with E-state index in [9.17, 15) is 4.79 Å². The van der Waals surface area contributed by atoms with Gasteiger partial charge in [0.25, 0.3) is 0 Å². The third-order valence-electron chi connectivity index (χ3n) is 4.85. The molecule has 1 aromatic carbocycles. The van der Waals surface area contributed by atoms with Crippen molar-refractivity contribution in [3.8, 4) is 5.75 Å². The summed E-state index contributed by atoms with van der Waals surface area (Å²) >= 11 is 5.91. The topological polar surface area (TPSA) is 71.5 Å². The number of pyridine rings is 1. The number of nitrogens with zero attached hydrogens (tertiary/aromatic N) is 1. The molecule has 0 radical (unpaired) electrons. The number of ketones is 1. The molecule has 0 saturated carbocycles. The fraction of sp³-hybridized carbons (Fsp3) is 0.333. The molecule has 0 saturated heterocycles. The fourth-order valence-corrected chi connectivity index (χ4v) is 3.63. The zero-order chi connectivity index (χ0) is 19.6. The number of hydrogen-bond donors (Lipinski definition) is 2. The summed E-state index contributed by atoms with van der Waals surface area (Å²) in [6, 6.07) is 9.02. The molecule has 0 fully saturated rings. The molecule has 2 N–H and O–H groups in total. The Balaban J connectivity index is 2.10. The lowest BCUT2D eigenvalue weighted by molar-refractivity contribution is 0.104. The number of Topliss-reactive ketones (excluding diaryl/α,β-unsaturated/α-hetero) is 1. The van der Waals surface area contributed by atoms with Crippen LogP contribution in [0.5, 0.6) is 5.75 Å². The molecule has 3 rings (SSSR count). The minimum absolute atomic E-state index is 0.0558. The summed E-state index contributed by atoms with van der Waals surface area (Å²) in [5.74, 6) is 0.634. The highest BCUT2D eigenvalue weighted by molar-refractivity contribution is 6.32. The fourth-order valence-electron chi connectivity index (χ4n) is 3.51. The van der Waals surface area contributed by atoms with E-state index in [1.54, 1.807) is 18.3 Å². The molecule has 1 heterocycles. The van der Waals surface area contributed by atoms with Crippen molar-refractivity contribution in [2.24, 2.45) is 0 Å². The van der Waals surface area contributed by atoms with E-state index >= 15 is 0 Å². The number of carbonyl (C=O) groups excluding carboxylic acids is 1. The molecule has 0 unspecified atom stereocenters. The number of carbonyl (C=O) groups is 1. The largest absolute Gasteiger partial charge is 0.493 e. The molecule has 0 amide bonds. The smallest absolute Gasteiger partial charge is 0.195 e. The number of fused-ring (bicyclic) bond motifs is 1. The third-order valence-corrected chi connectivity index (χ3v) is 5.07. The number of nitrogens with one attached hydrogen (secondary N) is 1. The first kappa shape index (κ1) is 19.4. The molecule has 2 aromatic rings. The molecule has 27 heavy (non-hydrogen) atoms. The van der Waals surface area contributed by atoms with E-state index in [2.05, 4.69) is 24.1 Å². The quantitative estimate of drug-likeness (QED) is 0.586. The van der Waals surface area contributed by atoms with Gasteiger partial charge in [-0.05, 0) is 35.9 Å². The molecule has 1 aliphatic rings. The van der Waals surface area contributed by atoms with Gasteiger partial charge in [0.1, 0.15) is 10.9 Å². The average Bonchev–Trinajstić information content (AvgIpc) is 2.65. The second kappa shape index (κ2) is 7.71. The van der Waals surface area contributed by atoms with Gasteiger partial charge in [0.2, 0.25) is 0 Å². The number of hydrogen-bond acceptors (Lipinski definition) is 5. The van der Waals surface area contributed by atoms with Crippen molar-refractivity contribution in [2.45, 2.75) is 25.7 Å². The number of aliphatic hydroxyl groups is 1. The Kier molecular flexibility index (Phi) is 5.53. The van der Waals surface area contributed by atoms with E-state index in [1.165, 1.54) is 0 Å². The van der Waals surface area contributed by atoms with E-state index in [0.717, 1.165) is 16.8 Å². The molecule has 0 atom stereocenters. The summed E-state index contributed by atoms with van der Waals surface area (Å²) in [5.41, 5.74) is 3.30. The van der Waals surface area contributed by atoms with E-state index < -0.39 is 5.41 Å². The molecule has 5 nitrogen and oxygen atoms in total. The standard InChI is InChI=1S/C21H23ClN2O3/c1-21(2)16-11-14(27-10-4-9-25)6-7-15(16)19(26)18(20(21)23-3)13-5-8-17(22)24-12-13/h5-8,11-12,23,25H,4,9-10H2,1-3H3. The lowest BCUT2D eigenvalue weighted by atomic mass is 9.70. The molecule has 6 heteroatoms. The van der Waals surface area contributed by atoms with Crippen LogP contribution < -0.4 is 10.1 Å². The van der Waals surface area contributed by atoms with Crippen LogP contribution in [0.2, 0.25) is 5.15 Å². The molecule has 0 spiro atoms. The van der Waals surface area contributed by atoms with Crippen LogP contribution in [0.25, 0.3) is 5.57 Å². The molecule has 0 bridgehead atoms. The first-order valence-electron chi connectivity index (χ1n) is 8.87. The summed E-state index contributed by atoms with van der Waals surface area (Å²) in [6.07, 6.45) is 2.19. The lowest BCUT2D eigenvalue weighted by Crippen LogP contribution is -2.36. The minimum Gasteiger partial charge on any atom is -0.493 e. The van der Waals surface area contributed by atoms with E-state index in [4.69, 9.17) is 21.4 Å². The molecule has 1 aliphatic carbocycles. The van der Waals surface area contributed by atoms with Gasteiger partial charge < -0.3 is 15.2 Å². The monoisotopic (exact) mass is 386 g/mol. The number of aliphatic hydroxyl groups excluding tert-OH is 1. The van der Waals surface area contributed by atoms with Crippen LogP contribution >= 0.6 is 11.6 Å². The summed E-state index contributed by atoms with van der Waals surface area (Å²) in [4.78, 5) is 17.4. The van der Waals surface area contributed by atoms with Crippen molar-refractivity contribution in [3.05, 3.63) is 64.1 Å². The minimum atomic E-state index is -0.427. The number of likely N-dealkylation sites (N-methyl/N-ethyl adjacent to an activating group) is 1. The summed E-state index contributed by atoms with van der Waals surface area (Å²) in [7, 11) is 1.82. The second-order valence-corrected chi connectivity index (χ2v) is 7.34. The van der Waals surface area contributed by atoms with Crippen LogP contribution in [-0.2, 0) is 5.41 Å². The number of rotatable bonds is 6. The SMILES string of the molecule is CNC1=C(c2ccc(Cl)nc2)C(=O)c2ccc(OCCCO)cc2C1(C)C. The van der Waals surface area contributed by atoms with Crippen LogP contribution in [0.3, 0.4) is 0 Å². The maximum Gasteiger partial charge on any atom is 0.195 e. The van der Waals surface area contributed by atoms with Crippen molar-refractivity contribution in [1.82, 2.24) is 10.3 Å². The molecule has 0 aliphatic heterocycles. The molecular weight excluding hydrogens is 364 g/mol. The van der Waals surface area contributed by atoms with Crippen molar-refractivity contribution >= 4 is 23.0 Å². The Bertz CT molecular complexity index is 889. The molecule has 1 aromatic heterocycles. The van der Waals surface area contributed by atoms with Gasteiger partial charge >= 0.3 is 0 Å². The lowest BCUT2D eigenvalue weighted by Gasteiger charge is -2.36. The Morgan fingerprint density at radius 3 is 2.67 bits per heavy atom. The predicted molar refractivity (Wildman–Crippen MR) is 106 cm³/mol. The molecule has 142 valence electrons. The van der Waals surface area contributed by atoms with Crippen LogP contribution in [0, 0.1) is 0 Å². The van der Waals surface area contributed by atoms with Crippen LogP contribution in [-0.4, -0.2) is 36.1 Å². The Morgan fingerprint density at radius 2 is 2.04 bits per heavy atom. The van der Waals surface area contributed by atoms with Gasteiger partial charge in [-0.2, -0.15) is 0 Å². The van der Waals surface area contributed by atoms with Crippen LogP contribution in [0.4, 0.5) is 0 Å². The molecular formula is C21H23ClN2O3. The van der Waals surface area contributed by atoms with Gasteiger partial charge in [-0.25, -0.2) is 4.98 Å². The van der Waals surface area contributed by atoms with Gasteiger partial charge in [-0.15, -0.1) is 0 Å². The first-order valence-corrected chi connectivity index (χ1v) is 9.25. The van der Waals surface area contributed by atoms with E-state index in [-0.39, 0.29) is 12.4 Å². The summed E-state index contributed by atoms with van der Waals surface area (Å²) < 4.78 is 5.70. The van der Waals surface area contributed by atoms with Crippen LogP contribution in [0.1, 0.15) is 41.8 Å². The third kappa shape index (κ3) is 3.57. The highest BCUT2D eigenvalue weighted by atomic mass is 35.5. The zero-order valence-electron chi connectivity index (χ0n) is 15.7. The average molecular weight is 387 g/mol. The maximum atomic E-state index is 13.3. The highest BCUT2D eigenvalue weighted by Crippen LogP contribution is 2.43. The predicted octanol–water partition coefficient (Wildman–Crippen LogP) is 3.60. The number of aromatic nitrogens is 1. The normalized spacial score (nSPS) is 15.5. The van der Waals surface area contributed by atoms with Crippen molar-refractivity contribution in [3.63, 3.8) is 0 Å². The Hall–Kier alpha value is -2.37. The van der Waals surface area contributed by atoms with Crippen LogP contribution in [0.15, 0.2) is 42.2 Å². The Labute approximate surface area is 164 Å². The van der Waals surface area contributed by atoms with Gasteiger partial charge in [0.15, 0.2) is 5.78 Å². The highest BCUT2D eigenvalue weighted by Gasteiger charge is 2.39. The summed E-state index contributed by atoms with van der Waals surface area (Å²) in [5, 5.41) is 12.5. The van der Waals surface area contributed by atoms with Gasteiger partial charge in [-0.3, -0.25) is 4.79 Å². The second-order valence-electron chi connectivity index (χ2n) is 6.96. The van der Waals surface area contributed by atoms with Crippen molar-refractivity contribution in [1.29, 1.82) is 0 Å². The van der Waals surface area contributed by atoms with E-state index in [1.807, 2.05) is 25.2 Å². The van der Waals surface area contributed by atoms with Gasteiger partial charge in [0.05, 0.1) is 12.2 Å². The number of ether oxygens (including phenoxy) is 1. The summed E-state index contributed by atoms with van der Waals surface area (Å²) in [6.45, 7) is 4.66. The number of benzene rings is 1. The maximum absolute atomic E-state index is 13.3. The first-order chi connectivity index (χ1) is 12.9. The number of halogens is 1.